The van der Waals surface area contributed by atoms with Crippen LogP contribution in [0, 0.1) is 0 Å². The third-order valence-electron chi connectivity index (χ3n) is 4.42. The van der Waals surface area contributed by atoms with Crippen molar-refractivity contribution in [3.8, 4) is 0 Å². The Morgan fingerprint density at radius 3 is 2.74 bits per heavy atom. The lowest BCUT2D eigenvalue weighted by molar-refractivity contribution is -0.141. The van der Waals surface area contributed by atoms with E-state index in [0.29, 0.717) is 0 Å². The van der Waals surface area contributed by atoms with E-state index in [4.69, 9.17) is 16.2 Å². The molecule has 0 radical (unpaired) electrons. The highest BCUT2D eigenvalue weighted by Crippen LogP contribution is 2.33. The summed E-state index contributed by atoms with van der Waals surface area (Å²) < 4.78 is 6.58. The quantitative estimate of drug-likeness (QED) is 0.265. The van der Waals surface area contributed by atoms with E-state index in [1.165, 1.54) is 13.3 Å². The molecule has 1 saturated heterocycles. The van der Waals surface area contributed by atoms with Gasteiger partial charge in [-0.15, -0.1) is 0 Å². The number of ether oxygens (including phenoxy) is 1. The van der Waals surface area contributed by atoms with E-state index in [-0.39, 0.29) is 17.0 Å². The number of rotatable bonds is 5. The molecule has 0 saturated carbocycles. The molecule has 0 aromatic carbocycles. The van der Waals surface area contributed by atoms with Crippen LogP contribution in [0.2, 0.25) is 0 Å². The number of anilines is 1. The number of imidazole rings is 1. The first-order valence-electron chi connectivity index (χ1n) is 8.07. The fourth-order valence-electron chi connectivity index (χ4n) is 2.78. The molecule has 2 aromatic heterocycles. The van der Waals surface area contributed by atoms with Gasteiger partial charge in [-0.25, -0.2) is 15.0 Å². The number of fused-ring (bicyclic) bond motifs is 1. The molecule has 13 heteroatoms. The highest BCUT2D eigenvalue weighted by molar-refractivity contribution is 5.99. The highest BCUT2D eigenvalue weighted by Gasteiger charge is 2.54. The van der Waals surface area contributed by atoms with Crippen molar-refractivity contribution in [3.05, 3.63) is 12.7 Å². The summed E-state index contributed by atoms with van der Waals surface area (Å²) in [6.45, 7) is 0.811. The second-order valence-corrected chi connectivity index (χ2v) is 6.29. The molecular formula is C14H21N7O6. The molecule has 148 valence electrons. The van der Waals surface area contributed by atoms with Crippen molar-refractivity contribution in [2.24, 2.45) is 11.5 Å². The molecule has 0 spiro atoms. The van der Waals surface area contributed by atoms with Crippen LogP contribution in [-0.2, 0) is 15.4 Å². The smallest absolute Gasteiger partial charge is 0.245 e. The number of carbonyl (C=O) groups is 1. The van der Waals surface area contributed by atoms with E-state index >= 15 is 0 Å². The summed E-state index contributed by atoms with van der Waals surface area (Å²) in [5.74, 6) is -2.63. The Morgan fingerprint density at radius 1 is 1.44 bits per heavy atom. The normalized spacial score (nSPS) is 30.4. The minimum atomic E-state index is -1.95. The number of nitrogens with one attached hydrogen (secondary N) is 1. The fourth-order valence-corrected chi connectivity index (χ4v) is 2.78. The van der Waals surface area contributed by atoms with Gasteiger partial charge in [-0.2, -0.15) is 0 Å². The Kier molecular flexibility index (Phi) is 5.09. The van der Waals surface area contributed by atoms with Crippen LogP contribution < -0.4 is 16.8 Å². The molecule has 1 amide bonds. The minimum Gasteiger partial charge on any atom is -0.394 e. The summed E-state index contributed by atoms with van der Waals surface area (Å²) in [6.07, 6.45) is -2.88. The Morgan fingerprint density at radius 2 is 2.15 bits per heavy atom. The van der Waals surface area contributed by atoms with Gasteiger partial charge in [0.15, 0.2) is 17.0 Å². The lowest BCUT2D eigenvalue weighted by Crippen LogP contribution is -2.52. The molecular weight excluding hydrogens is 362 g/mol. The molecule has 9 N–H and O–H groups in total. The van der Waals surface area contributed by atoms with Crippen LogP contribution in [-0.4, -0.2) is 82.9 Å². The van der Waals surface area contributed by atoms with Crippen molar-refractivity contribution in [2.45, 2.75) is 43.2 Å². The van der Waals surface area contributed by atoms with Gasteiger partial charge in [-0.05, 0) is 6.92 Å². The molecule has 1 fully saturated rings. The Bertz CT molecular complexity index is 844. The predicted molar refractivity (Wildman–Crippen MR) is 89.7 cm³/mol. The number of hydrogen-bond acceptors (Lipinski definition) is 11. The van der Waals surface area contributed by atoms with Gasteiger partial charge in [0.1, 0.15) is 37.0 Å². The molecule has 2 unspecified atom stereocenters. The molecule has 3 rings (SSSR count). The van der Waals surface area contributed by atoms with Crippen LogP contribution >= 0.6 is 0 Å². The monoisotopic (exact) mass is 383 g/mol. The summed E-state index contributed by atoms with van der Waals surface area (Å²) in [7, 11) is 0. The van der Waals surface area contributed by atoms with Crippen LogP contribution in [0.4, 0.5) is 5.82 Å². The molecule has 13 nitrogen and oxygen atoms in total. The zero-order valence-electron chi connectivity index (χ0n) is 14.3. The number of aliphatic hydroxyl groups excluding tert-OH is 4. The summed E-state index contributed by atoms with van der Waals surface area (Å²) in [6, 6.07) is -1.18. The molecule has 1 aliphatic rings. The Balaban J connectivity index is 1.98. The predicted octanol–water partition coefficient (Wildman–Crippen LogP) is -3.85. The number of nitrogens with two attached hydrogens (primary N) is 2. The highest BCUT2D eigenvalue weighted by atomic mass is 16.6. The average Bonchev–Trinajstić information content (AvgIpc) is 3.17. The largest absolute Gasteiger partial charge is 0.394 e. The second-order valence-electron chi connectivity index (χ2n) is 6.29. The first kappa shape index (κ1) is 19.5. The van der Waals surface area contributed by atoms with Crippen LogP contribution in [0.3, 0.4) is 0 Å². The lowest BCUT2D eigenvalue weighted by Gasteiger charge is -2.28. The van der Waals surface area contributed by atoms with Crippen molar-refractivity contribution in [3.63, 3.8) is 0 Å². The van der Waals surface area contributed by atoms with Crippen molar-refractivity contribution in [2.75, 3.05) is 11.9 Å². The third kappa shape index (κ3) is 3.14. The van der Waals surface area contributed by atoms with Crippen LogP contribution in [0.25, 0.3) is 11.2 Å². The molecule has 0 aliphatic carbocycles. The SMILES string of the molecule is CC(O)C(N)C(=O)Nc1ncnc2c1ncn2[C@]1(N)O[C@H](CO)[C@@H](O)[C@H]1O. The molecule has 3 heterocycles. The minimum absolute atomic E-state index is 0.00944. The van der Waals surface area contributed by atoms with Crippen molar-refractivity contribution in [1.82, 2.24) is 19.5 Å². The number of hydrogen-bond donors (Lipinski definition) is 7. The van der Waals surface area contributed by atoms with E-state index < -0.39 is 48.8 Å². The van der Waals surface area contributed by atoms with Gasteiger partial charge in [-0.3, -0.25) is 15.1 Å². The van der Waals surface area contributed by atoms with Crippen LogP contribution in [0.15, 0.2) is 12.7 Å². The Labute approximate surface area is 152 Å². The standard InChI is InChI=1S/C14H21N7O6/c1-5(23)7(15)13(26)20-11-8-12(18-3-17-11)21(4-19-8)14(16)10(25)9(24)6(2-22)27-14/h3-7,9-10,22-25H,2,15-16H2,1H3,(H,17,18,20,26)/t5?,6-,7?,9-,10-,14+/m1/s1. The number of carbonyl (C=O) groups excluding carboxylic acids is 1. The van der Waals surface area contributed by atoms with E-state index in [1.807, 2.05) is 0 Å². The molecule has 0 bridgehead atoms. The summed E-state index contributed by atoms with van der Waals surface area (Å²) in [4.78, 5) is 24.1. The number of amides is 1. The topological polar surface area (TPSA) is 215 Å². The number of aromatic nitrogens is 4. The number of aliphatic hydroxyl groups is 4. The van der Waals surface area contributed by atoms with Gasteiger partial charge in [0.05, 0.1) is 12.7 Å². The van der Waals surface area contributed by atoms with Crippen molar-refractivity contribution in [1.29, 1.82) is 0 Å². The van der Waals surface area contributed by atoms with Crippen molar-refractivity contribution >= 4 is 22.9 Å². The van der Waals surface area contributed by atoms with Gasteiger partial charge in [-0.1, -0.05) is 0 Å². The summed E-state index contributed by atoms with van der Waals surface area (Å²) >= 11 is 0. The van der Waals surface area contributed by atoms with Crippen LogP contribution in [0.1, 0.15) is 6.92 Å². The van der Waals surface area contributed by atoms with Gasteiger partial charge >= 0.3 is 0 Å². The van der Waals surface area contributed by atoms with Gasteiger partial charge in [0.25, 0.3) is 0 Å². The zero-order chi connectivity index (χ0) is 19.9. The fraction of sp³-hybridized carbons (Fsp3) is 0.571. The first-order valence-corrected chi connectivity index (χ1v) is 8.07. The molecule has 2 aromatic rings. The van der Waals surface area contributed by atoms with E-state index in [1.54, 1.807) is 0 Å². The van der Waals surface area contributed by atoms with Gasteiger partial charge < -0.3 is 36.2 Å². The molecule has 6 atom stereocenters. The maximum Gasteiger partial charge on any atom is 0.245 e. The lowest BCUT2D eigenvalue weighted by atomic mass is 10.1. The van der Waals surface area contributed by atoms with E-state index in [2.05, 4.69) is 20.3 Å². The average molecular weight is 383 g/mol. The molecule has 27 heavy (non-hydrogen) atoms. The number of nitrogens with zero attached hydrogens (tertiary/aromatic N) is 4. The second kappa shape index (κ2) is 7.05. The Hall–Kier alpha value is -2.26. The molecule has 1 aliphatic heterocycles. The summed E-state index contributed by atoms with van der Waals surface area (Å²) in [5, 5.41) is 41.4. The zero-order valence-corrected chi connectivity index (χ0v) is 14.3. The van der Waals surface area contributed by atoms with Gasteiger partial charge in [0, 0.05) is 0 Å². The van der Waals surface area contributed by atoms with Crippen molar-refractivity contribution < 1.29 is 30.0 Å². The summed E-state index contributed by atoms with van der Waals surface area (Å²) in [5.41, 5.74) is 11.9. The van der Waals surface area contributed by atoms with Crippen LogP contribution in [0.5, 0.6) is 0 Å². The maximum atomic E-state index is 12.1. The third-order valence-corrected chi connectivity index (χ3v) is 4.42. The first-order chi connectivity index (χ1) is 12.7. The van der Waals surface area contributed by atoms with Gasteiger partial charge in [0.2, 0.25) is 11.8 Å². The maximum absolute atomic E-state index is 12.1. The van der Waals surface area contributed by atoms with E-state index in [0.717, 1.165) is 10.9 Å². The van der Waals surface area contributed by atoms with E-state index in [9.17, 15) is 25.2 Å².